The van der Waals surface area contributed by atoms with Gasteiger partial charge in [0.2, 0.25) is 5.91 Å². The minimum Gasteiger partial charge on any atom is -0.383 e. The molecule has 1 aliphatic heterocycles. The van der Waals surface area contributed by atoms with E-state index in [1.165, 1.54) is 0 Å². The van der Waals surface area contributed by atoms with Crippen molar-refractivity contribution in [3.05, 3.63) is 0 Å². The minimum atomic E-state index is 0. The van der Waals surface area contributed by atoms with Gasteiger partial charge in [0.05, 0.1) is 19.3 Å². The predicted molar refractivity (Wildman–Crippen MR) is 59.4 cm³/mol. The van der Waals surface area contributed by atoms with E-state index in [1.807, 2.05) is 0 Å². The van der Waals surface area contributed by atoms with Crippen LogP contribution in [0.3, 0.4) is 0 Å². The lowest BCUT2D eigenvalue weighted by Gasteiger charge is -2.26. The third-order valence-electron chi connectivity index (χ3n) is 2.06. The molecule has 1 rings (SSSR count). The highest BCUT2D eigenvalue weighted by Gasteiger charge is 2.16. The zero-order chi connectivity index (χ0) is 10.2. The molecule has 90 valence electrons. The van der Waals surface area contributed by atoms with Gasteiger partial charge in [0.15, 0.2) is 0 Å². The van der Waals surface area contributed by atoms with E-state index in [-0.39, 0.29) is 18.3 Å². The van der Waals surface area contributed by atoms with Crippen LogP contribution < -0.4 is 10.6 Å². The van der Waals surface area contributed by atoms with Crippen LogP contribution in [-0.2, 0) is 14.3 Å². The molecular formula is C9H19ClN2O3. The average molecular weight is 239 g/mol. The lowest BCUT2D eigenvalue weighted by Crippen LogP contribution is -2.48. The molecule has 0 radical (unpaired) electrons. The normalized spacial score (nSPS) is 15.3. The number of carbonyl (C=O) groups is 1. The molecule has 1 heterocycles. The first kappa shape index (κ1) is 14.6. The number of amides is 1. The topological polar surface area (TPSA) is 59.6 Å². The van der Waals surface area contributed by atoms with E-state index >= 15 is 0 Å². The van der Waals surface area contributed by atoms with Crippen LogP contribution in [0.15, 0.2) is 0 Å². The Balaban J connectivity index is 0.00000196. The van der Waals surface area contributed by atoms with Gasteiger partial charge in [-0.25, -0.2) is 0 Å². The number of methoxy groups -OCH3 is 1. The molecule has 0 aromatic rings. The Morgan fingerprint density at radius 2 is 2.20 bits per heavy atom. The molecule has 1 aliphatic rings. The van der Waals surface area contributed by atoms with Gasteiger partial charge in [-0.05, 0) is 0 Å². The molecule has 1 fully saturated rings. The number of hydrogen-bond donors (Lipinski definition) is 2. The van der Waals surface area contributed by atoms with E-state index < -0.39 is 0 Å². The summed E-state index contributed by atoms with van der Waals surface area (Å²) in [5, 5.41) is 5.83. The second-order valence-electron chi connectivity index (χ2n) is 3.24. The third kappa shape index (κ3) is 6.67. The largest absolute Gasteiger partial charge is 0.383 e. The highest BCUT2D eigenvalue weighted by atomic mass is 35.5. The molecule has 5 nitrogen and oxygen atoms in total. The van der Waals surface area contributed by atoms with E-state index in [0.717, 1.165) is 13.1 Å². The molecule has 0 bridgehead atoms. The van der Waals surface area contributed by atoms with Crippen molar-refractivity contribution in [2.24, 2.45) is 0 Å². The number of rotatable bonds is 7. The van der Waals surface area contributed by atoms with Crippen LogP contribution in [0.4, 0.5) is 0 Å². The van der Waals surface area contributed by atoms with Crippen molar-refractivity contribution in [3.8, 4) is 0 Å². The summed E-state index contributed by atoms with van der Waals surface area (Å²) in [5.74, 6) is 0.0225. The SMILES string of the molecule is COCCNC(=O)CCOC1CNC1.Cl. The number of halogens is 1. The molecule has 1 amide bonds. The van der Waals surface area contributed by atoms with Crippen molar-refractivity contribution in [1.29, 1.82) is 0 Å². The third-order valence-corrected chi connectivity index (χ3v) is 2.06. The maximum atomic E-state index is 11.1. The summed E-state index contributed by atoms with van der Waals surface area (Å²) in [6, 6.07) is 0. The van der Waals surface area contributed by atoms with E-state index in [1.54, 1.807) is 7.11 Å². The van der Waals surface area contributed by atoms with Crippen molar-refractivity contribution in [2.75, 3.05) is 40.0 Å². The van der Waals surface area contributed by atoms with Gasteiger partial charge in [-0.15, -0.1) is 12.4 Å². The predicted octanol–water partition coefficient (Wildman–Crippen LogP) is -0.451. The van der Waals surface area contributed by atoms with Crippen LogP contribution in [-0.4, -0.2) is 52.0 Å². The van der Waals surface area contributed by atoms with Gasteiger partial charge in [-0.3, -0.25) is 4.79 Å². The van der Waals surface area contributed by atoms with Crippen LogP contribution in [0.25, 0.3) is 0 Å². The van der Waals surface area contributed by atoms with Gasteiger partial charge < -0.3 is 20.1 Å². The highest BCUT2D eigenvalue weighted by Crippen LogP contribution is 1.98. The molecule has 0 spiro atoms. The van der Waals surface area contributed by atoms with E-state index in [0.29, 0.717) is 32.3 Å². The van der Waals surface area contributed by atoms with Gasteiger partial charge in [-0.1, -0.05) is 0 Å². The lowest BCUT2D eigenvalue weighted by molar-refractivity contribution is -0.123. The maximum absolute atomic E-state index is 11.1. The average Bonchev–Trinajstić information content (AvgIpc) is 2.10. The van der Waals surface area contributed by atoms with Crippen molar-refractivity contribution >= 4 is 18.3 Å². The Hall–Kier alpha value is -0.360. The Bertz CT molecular complexity index is 177. The number of ether oxygens (including phenoxy) is 2. The summed E-state index contributed by atoms with van der Waals surface area (Å²) >= 11 is 0. The summed E-state index contributed by atoms with van der Waals surface area (Å²) in [6.45, 7) is 3.45. The first-order valence-corrected chi connectivity index (χ1v) is 4.91. The summed E-state index contributed by atoms with van der Waals surface area (Å²) in [7, 11) is 1.61. The molecule has 0 atom stereocenters. The van der Waals surface area contributed by atoms with Crippen molar-refractivity contribution < 1.29 is 14.3 Å². The van der Waals surface area contributed by atoms with Crippen molar-refractivity contribution in [3.63, 3.8) is 0 Å². The number of nitrogens with one attached hydrogen (secondary N) is 2. The van der Waals surface area contributed by atoms with Crippen LogP contribution in [0.5, 0.6) is 0 Å². The smallest absolute Gasteiger partial charge is 0.222 e. The molecule has 2 N–H and O–H groups in total. The van der Waals surface area contributed by atoms with Crippen molar-refractivity contribution in [1.82, 2.24) is 10.6 Å². The first-order chi connectivity index (χ1) is 6.83. The second kappa shape index (κ2) is 8.91. The van der Waals surface area contributed by atoms with E-state index in [2.05, 4.69) is 10.6 Å². The van der Waals surface area contributed by atoms with Gasteiger partial charge in [-0.2, -0.15) is 0 Å². The van der Waals surface area contributed by atoms with Crippen molar-refractivity contribution in [2.45, 2.75) is 12.5 Å². The number of hydrogen-bond acceptors (Lipinski definition) is 4. The molecule has 0 aromatic heterocycles. The molecular weight excluding hydrogens is 220 g/mol. The molecule has 0 aliphatic carbocycles. The van der Waals surface area contributed by atoms with Gasteiger partial charge in [0.25, 0.3) is 0 Å². The second-order valence-corrected chi connectivity index (χ2v) is 3.24. The highest BCUT2D eigenvalue weighted by molar-refractivity contribution is 5.85. The Morgan fingerprint density at radius 1 is 1.47 bits per heavy atom. The maximum Gasteiger partial charge on any atom is 0.222 e. The Labute approximate surface area is 96.3 Å². The minimum absolute atomic E-state index is 0. The van der Waals surface area contributed by atoms with Crippen LogP contribution in [0.1, 0.15) is 6.42 Å². The zero-order valence-electron chi connectivity index (χ0n) is 8.95. The fraction of sp³-hybridized carbons (Fsp3) is 0.889. The molecule has 0 aromatic carbocycles. The standard InChI is InChI=1S/C9H18N2O3.ClH/c1-13-5-3-11-9(12)2-4-14-8-6-10-7-8;/h8,10H,2-7H2,1H3,(H,11,12);1H. The summed E-state index contributed by atoms with van der Waals surface area (Å²) in [4.78, 5) is 11.1. The fourth-order valence-electron chi connectivity index (χ4n) is 1.08. The van der Waals surface area contributed by atoms with Crippen LogP contribution in [0, 0.1) is 0 Å². The molecule has 0 unspecified atom stereocenters. The molecule has 1 saturated heterocycles. The fourth-order valence-corrected chi connectivity index (χ4v) is 1.08. The summed E-state index contributed by atoms with van der Waals surface area (Å²) < 4.78 is 10.2. The summed E-state index contributed by atoms with van der Waals surface area (Å²) in [6.07, 6.45) is 0.738. The summed E-state index contributed by atoms with van der Waals surface area (Å²) in [5.41, 5.74) is 0. The quantitative estimate of drug-likeness (QED) is 0.590. The Kier molecular flexibility index (Phi) is 8.70. The van der Waals surface area contributed by atoms with E-state index in [4.69, 9.17) is 9.47 Å². The number of carbonyl (C=O) groups excluding carboxylic acids is 1. The zero-order valence-corrected chi connectivity index (χ0v) is 9.77. The monoisotopic (exact) mass is 238 g/mol. The van der Waals surface area contributed by atoms with E-state index in [9.17, 15) is 4.79 Å². The van der Waals surface area contributed by atoms with Crippen LogP contribution >= 0.6 is 12.4 Å². The molecule has 0 saturated carbocycles. The van der Waals surface area contributed by atoms with Gasteiger partial charge in [0.1, 0.15) is 0 Å². The molecule has 6 heteroatoms. The molecule has 15 heavy (non-hydrogen) atoms. The Morgan fingerprint density at radius 3 is 2.73 bits per heavy atom. The first-order valence-electron chi connectivity index (χ1n) is 4.91. The lowest BCUT2D eigenvalue weighted by atomic mass is 10.2. The van der Waals surface area contributed by atoms with Gasteiger partial charge >= 0.3 is 0 Å². The van der Waals surface area contributed by atoms with Gasteiger partial charge in [0, 0.05) is 33.2 Å². The van der Waals surface area contributed by atoms with Crippen LogP contribution in [0.2, 0.25) is 0 Å².